The van der Waals surface area contributed by atoms with Crippen molar-refractivity contribution >= 4 is 15.9 Å². The molecule has 0 radical (unpaired) electrons. The Balaban J connectivity index is 1.88. The molecule has 0 bridgehead atoms. The number of carbonyl (C=O) groups excluding carboxylic acids is 1. The second-order valence-electron chi connectivity index (χ2n) is 7.77. The van der Waals surface area contributed by atoms with Crippen molar-refractivity contribution in [3.8, 4) is 0 Å². The van der Waals surface area contributed by atoms with Crippen molar-refractivity contribution in [1.82, 2.24) is 14.5 Å². The lowest BCUT2D eigenvalue weighted by molar-refractivity contribution is -0.132. The van der Waals surface area contributed by atoms with Crippen molar-refractivity contribution in [2.75, 3.05) is 45.9 Å². The average Bonchev–Trinajstić information content (AvgIpc) is 3.18. The molecule has 1 aromatic rings. The number of ether oxygens (including phenoxy) is 1. The zero-order chi connectivity index (χ0) is 20.3. The number of piperazine rings is 1. The van der Waals surface area contributed by atoms with Crippen molar-refractivity contribution in [3.63, 3.8) is 0 Å². The SMILES string of the molecule is Cc1cc(C)c(S(=O)(=O)N(CC(=O)N2CCNCC2)C[C@@H]2CCCO2)cc1C. The van der Waals surface area contributed by atoms with E-state index in [0.29, 0.717) is 25.3 Å². The molecule has 2 aliphatic heterocycles. The van der Waals surface area contributed by atoms with Gasteiger partial charge in [-0.2, -0.15) is 4.31 Å². The lowest BCUT2D eigenvalue weighted by Crippen LogP contribution is -2.51. The standard InChI is InChI=1S/C20H31N3O4S/c1-15-11-17(3)19(12-16(15)2)28(25,26)23(13-18-5-4-10-27-18)14-20(24)22-8-6-21-7-9-22/h11-12,18,21H,4-10,13-14H2,1-3H3/t18-/m0/s1. The van der Waals surface area contributed by atoms with Gasteiger partial charge in [-0.25, -0.2) is 8.42 Å². The Bertz CT molecular complexity index is 813. The summed E-state index contributed by atoms with van der Waals surface area (Å²) in [5, 5.41) is 3.21. The molecule has 0 unspecified atom stereocenters. The quantitative estimate of drug-likeness (QED) is 0.764. The van der Waals surface area contributed by atoms with Gasteiger partial charge in [-0.1, -0.05) is 6.07 Å². The van der Waals surface area contributed by atoms with E-state index in [9.17, 15) is 13.2 Å². The Hall–Kier alpha value is -1.48. The molecule has 156 valence electrons. The highest BCUT2D eigenvalue weighted by atomic mass is 32.2. The normalized spacial score (nSPS) is 20.7. The Morgan fingerprint density at radius 2 is 1.86 bits per heavy atom. The predicted molar refractivity (Wildman–Crippen MR) is 108 cm³/mol. The fraction of sp³-hybridized carbons (Fsp3) is 0.650. The molecule has 1 atom stereocenters. The van der Waals surface area contributed by atoms with Crippen LogP contribution >= 0.6 is 0 Å². The zero-order valence-corrected chi connectivity index (χ0v) is 17.8. The van der Waals surface area contributed by atoms with Crippen LogP contribution in [0.5, 0.6) is 0 Å². The van der Waals surface area contributed by atoms with Crippen LogP contribution in [-0.4, -0.2) is 75.5 Å². The molecule has 7 nitrogen and oxygen atoms in total. The molecule has 0 saturated carbocycles. The summed E-state index contributed by atoms with van der Waals surface area (Å²) in [6.07, 6.45) is 1.59. The number of rotatable bonds is 6. The minimum atomic E-state index is -3.80. The van der Waals surface area contributed by atoms with Gasteiger partial charge in [0.2, 0.25) is 15.9 Å². The number of hydrogen-bond acceptors (Lipinski definition) is 5. The topological polar surface area (TPSA) is 79.0 Å². The molecule has 0 spiro atoms. The van der Waals surface area contributed by atoms with Crippen molar-refractivity contribution in [3.05, 3.63) is 28.8 Å². The summed E-state index contributed by atoms with van der Waals surface area (Å²) < 4.78 is 34.0. The maximum absolute atomic E-state index is 13.5. The maximum Gasteiger partial charge on any atom is 0.243 e. The lowest BCUT2D eigenvalue weighted by atomic mass is 10.1. The highest BCUT2D eigenvalue weighted by Gasteiger charge is 2.33. The van der Waals surface area contributed by atoms with E-state index in [4.69, 9.17) is 4.74 Å². The van der Waals surface area contributed by atoms with Gasteiger partial charge in [-0.05, 0) is 56.4 Å². The van der Waals surface area contributed by atoms with Gasteiger partial charge in [0.05, 0.1) is 17.5 Å². The van der Waals surface area contributed by atoms with E-state index in [2.05, 4.69) is 5.32 Å². The lowest BCUT2D eigenvalue weighted by Gasteiger charge is -2.31. The summed E-state index contributed by atoms with van der Waals surface area (Å²) >= 11 is 0. The molecule has 28 heavy (non-hydrogen) atoms. The predicted octanol–water partition coefficient (Wildman–Crippen LogP) is 1.21. The molecular formula is C20H31N3O4S. The second-order valence-corrected chi connectivity index (χ2v) is 9.67. The van der Waals surface area contributed by atoms with Crippen LogP contribution in [0.1, 0.15) is 29.5 Å². The molecule has 2 aliphatic rings. The van der Waals surface area contributed by atoms with Gasteiger partial charge in [0.1, 0.15) is 0 Å². The maximum atomic E-state index is 13.5. The average molecular weight is 410 g/mol. The molecule has 2 fully saturated rings. The van der Waals surface area contributed by atoms with E-state index in [1.165, 1.54) is 4.31 Å². The van der Waals surface area contributed by atoms with Crippen LogP contribution in [0.15, 0.2) is 17.0 Å². The van der Waals surface area contributed by atoms with Crippen LogP contribution in [0.25, 0.3) is 0 Å². The van der Waals surface area contributed by atoms with E-state index in [1.807, 2.05) is 26.8 Å². The first-order chi connectivity index (χ1) is 13.3. The van der Waals surface area contributed by atoms with Crippen LogP contribution in [0.4, 0.5) is 0 Å². The van der Waals surface area contributed by atoms with Crippen LogP contribution in [-0.2, 0) is 19.6 Å². The van der Waals surface area contributed by atoms with Crippen molar-refractivity contribution in [1.29, 1.82) is 0 Å². The Kier molecular flexibility index (Phi) is 6.75. The number of hydrogen-bond donors (Lipinski definition) is 1. The fourth-order valence-electron chi connectivity index (χ4n) is 3.78. The molecular weight excluding hydrogens is 378 g/mol. The molecule has 0 aliphatic carbocycles. The summed E-state index contributed by atoms with van der Waals surface area (Å²) in [4.78, 5) is 14.8. The van der Waals surface area contributed by atoms with Crippen LogP contribution in [0, 0.1) is 20.8 Å². The summed E-state index contributed by atoms with van der Waals surface area (Å²) in [7, 11) is -3.80. The first kappa shape index (κ1) is 21.2. The largest absolute Gasteiger partial charge is 0.377 e. The second kappa shape index (κ2) is 8.90. The van der Waals surface area contributed by atoms with E-state index in [-0.39, 0.29) is 30.0 Å². The van der Waals surface area contributed by atoms with Gasteiger partial charge < -0.3 is 15.0 Å². The van der Waals surface area contributed by atoms with Crippen LogP contribution in [0.2, 0.25) is 0 Å². The Labute approximate surface area is 168 Å². The fourth-order valence-corrected chi connectivity index (χ4v) is 5.49. The first-order valence-corrected chi connectivity index (χ1v) is 11.4. The number of carbonyl (C=O) groups is 1. The summed E-state index contributed by atoms with van der Waals surface area (Å²) in [5.41, 5.74) is 2.68. The number of nitrogens with one attached hydrogen (secondary N) is 1. The first-order valence-electron chi connectivity index (χ1n) is 9.97. The van der Waals surface area contributed by atoms with Crippen molar-refractivity contribution < 1.29 is 17.9 Å². The number of sulfonamides is 1. The van der Waals surface area contributed by atoms with Gasteiger partial charge in [0, 0.05) is 39.3 Å². The third kappa shape index (κ3) is 4.74. The molecule has 1 aromatic carbocycles. The van der Waals surface area contributed by atoms with E-state index in [1.54, 1.807) is 11.0 Å². The third-order valence-corrected chi connectivity index (χ3v) is 7.58. The zero-order valence-electron chi connectivity index (χ0n) is 17.0. The molecule has 2 saturated heterocycles. The number of nitrogens with zero attached hydrogens (tertiary/aromatic N) is 2. The number of amides is 1. The van der Waals surface area contributed by atoms with E-state index < -0.39 is 10.0 Å². The molecule has 1 N–H and O–H groups in total. The van der Waals surface area contributed by atoms with Gasteiger partial charge in [-0.15, -0.1) is 0 Å². The molecule has 0 aromatic heterocycles. The third-order valence-electron chi connectivity index (χ3n) is 5.62. The number of aryl methyl sites for hydroxylation is 3. The summed E-state index contributed by atoms with van der Waals surface area (Å²) in [5.74, 6) is -0.149. The Morgan fingerprint density at radius 3 is 2.50 bits per heavy atom. The molecule has 8 heteroatoms. The van der Waals surface area contributed by atoms with Crippen molar-refractivity contribution in [2.24, 2.45) is 0 Å². The van der Waals surface area contributed by atoms with Crippen LogP contribution < -0.4 is 5.32 Å². The van der Waals surface area contributed by atoms with E-state index >= 15 is 0 Å². The minimum Gasteiger partial charge on any atom is -0.377 e. The number of benzene rings is 1. The highest BCUT2D eigenvalue weighted by Crippen LogP contribution is 2.25. The van der Waals surface area contributed by atoms with Gasteiger partial charge in [0.15, 0.2) is 0 Å². The van der Waals surface area contributed by atoms with Gasteiger partial charge >= 0.3 is 0 Å². The summed E-state index contributed by atoms with van der Waals surface area (Å²) in [6, 6.07) is 3.61. The molecule has 1 amide bonds. The van der Waals surface area contributed by atoms with Crippen molar-refractivity contribution in [2.45, 2.75) is 44.6 Å². The monoisotopic (exact) mass is 409 g/mol. The van der Waals surface area contributed by atoms with E-state index in [0.717, 1.165) is 37.1 Å². The van der Waals surface area contributed by atoms with Gasteiger partial charge in [-0.3, -0.25) is 4.79 Å². The van der Waals surface area contributed by atoms with Crippen LogP contribution in [0.3, 0.4) is 0 Å². The smallest absolute Gasteiger partial charge is 0.243 e. The minimum absolute atomic E-state index is 0.144. The Morgan fingerprint density at radius 1 is 1.18 bits per heavy atom. The van der Waals surface area contributed by atoms with Gasteiger partial charge in [0.25, 0.3) is 0 Å². The summed E-state index contributed by atoms with van der Waals surface area (Å²) in [6.45, 7) is 9.09. The molecule has 2 heterocycles. The molecule has 3 rings (SSSR count). The highest BCUT2D eigenvalue weighted by molar-refractivity contribution is 7.89.